The number of aromatic nitrogens is 4. The van der Waals surface area contributed by atoms with Crippen molar-refractivity contribution in [1.29, 1.82) is 0 Å². The van der Waals surface area contributed by atoms with Crippen LogP contribution >= 0.6 is 0 Å². The van der Waals surface area contributed by atoms with Crippen molar-refractivity contribution in [3.8, 4) is 5.69 Å². The highest BCUT2D eigenvalue weighted by Crippen LogP contribution is 2.36. The first kappa shape index (κ1) is 14.2. The van der Waals surface area contributed by atoms with E-state index < -0.39 is 5.54 Å². The van der Waals surface area contributed by atoms with E-state index in [4.69, 9.17) is 5.73 Å². The standard InChI is InChI=1S/C16H23N5/c1-11-4-6-16(17,7-5-11)15-18-19-20-21(15)14-9-12(2)8-13(3)10-14/h8-11H,4-7,17H2,1-3H3. The van der Waals surface area contributed by atoms with E-state index in [9.17, 15) is 0 Å². The van der Waals surface area contributed by atoms with Crippen LogP contribution in [-0.2, 0) is 5.54 Å². The predicted molar refractivity (Wildman–Crippen MR) is 82.1 cm³/mol. The van der Waals surface area contributed by atoms with Gasteiger partial charge < -0.3 is 5.73 Å². The maximum atomic E-state index is 6.64. The Kier molecular flexibility index (Phi) is 3.53. The van der Waals surface area contributed by atoms with Crippen LogP contribution in [0.5, 0.6) is 0 Å². The maximum Gasteiger partial charge on any atom is 0.176 e. The average molecular weight is 285 g/mol. The van der Waals surface area contributed by atoms with Gasteiger partial charge >= 0.3 is 0 Å². The van der Waals surface area contributed by atoms with Crippen LogP contribution in [0.2, 0.25) is 0 Å². The summed E-state index contributed by atoms with van der Waals surface area (Å²) in [5.74, 6) is 1.53. The molecule has 5 nitrogen and oxygen atoms in total. The molecule has 0 radical (unpaired) electrons. The zero-order chi connectivity index (χ0) is 15.0. The molecule has 5 heteroatoms. The molecule has 0 unspecified atom stereocenters. The van der Waals surface area contributed by atoms with Gasteiger partial charge in [0, 0.05) is 0 Å². The second-order valence-corrected chi connectivity index (χ2v) is 6.60. The van der Waals surface area contributed by atoms with E-state index in [2.05, 4.69) is 54.5 Å². The molecule has 1 aromatic carbocycles. The van der Waals surface area contributed by atoms with E-state index in [1.807, 2.05) is 4.68 Å². The number of hydrogen-bond acceptors (Lipinski definition) is 4. The van der Waals surface area contributed by atoms with Crippen LogP contribution in [0.1, 0.15) is 49.6 Å². The summed E-state index contributed by atoms with van der Waals surface area (Å²) in [6.45, 7) is 6.45. The third kappa shape index (κ3) is 2.70. The number of aryl methyl sites for hydroxylation is 2. The molecular formula is C16H23N5. The SMILES string of the molecule is Cc1cc(C)cc(-n2nnnc2C2(N)CCC(C)CC2)c1. The fraction of sp³-hybridized carbons (Fsp3) is 0.562. The third-order valence-electron chi connectivity index (χ3n) is 4.53. The first-order chi connectivity index (χ1) is 9.98. The Morgan fingerprint density at radius 2 is 1.76 bits per heavy atom. The molecular weight excluding hydrogens is 262 g/mol. The minimum Gasteiger partial charge on any atom is -0.319 e. The molecule has 2 aromatic rings. The van der Waals surface area contributed by atoms with Crippen molar-refractivity contribution < 1.29 is 0 Å². The van der Waals surface area contributed by atoms with E-state index in [-0.39, 0.29) is 0 Å². The van der Waals surface area contributed by atoms with Gasteiger partial charge in [0.2, 0.25) is 0 Å². The topological polar surface area (TPSA) is 69.6 Å². The number of rotatable bonds is 2. The molecule has 1 aromatic heterocycles. The molecule has 1 aliphatic carbocycles. The first-order valence-corrected chi connectivity index (χ1v) is 7.64. The summed E-state index contributed by atoms with van der Waals surface area (Å²) < 4.78 is 1.82. The van der Waals surface area contributed by atoms with Gasteiger partial charge in [-0.1, -0.05) is 13.0 Å². The minimum atomic E-state index is -0.409. The van der Waals surface area contributed by atoms with Crippen molar-refractivity contribution >= 4 is 0 Å². The number of hydrogen-bond donors (Lipinski definition) is 1. The molecule has 1 aliphatic rings. The van der Waals surface area contributed by atoms with Crippen molar-refractivity contribution in [3.63, 3.8) is 0 Å². The third-order valence-corrected chi connectivity index (χ3v) is 4.53. The monoisotopic (exact) mass is 285 g/mol. The lowest BCUT2D eigenvalue weighted by molar-refractivity contribution is 0.233. The number of tetrazole rings is 1. The lowest BCUT2D eigenvalue weighted by Gasteiger charge is -2.34. The predicted octanol–water partition coefficient (Wildman–Crippen LogP) is 2.64. The van der Waals surface area contributed by atoms with E-state index in [1.54, 1.807) is 0 Å². The molecule has 21 heavy (non-hydrogen) atoms. The van der Waals surface area contributed by atoms with Crippen molar-refractivity contribution in [1.82, 2.24) is 20.2 Å². The minimum absolute atomic E-state index is 0.409. The molecule has 2 N–H and O–H groups in total. The van der Waals surface area contributed by atoms with Gasteiger partial charge in [0.05, 0.1) is 11.2 Å². The van der Waals surface area contributed by atoms with Crippen LogP contribution in [0.25, 0.3) is 5.69 Å². The molecule has 112 valence electrons. The van der Waals surface area contributed by atoms with Crippen LogP contribution in [0, 0.1) is 19.8 Å². The van der Waals surface area contributed by atoms with E-state index in [0.717, 1.165) is 43.1 Å². The van der Waals surface area contributed by atoms with Gasteiger partial charge in [-0.2, -0.15) is 4.68 Å². The molecule has 0 bridgehead atoms. The van der Waals surface area contributed by atoms with Crippen LogP contribution in [0.15, 0.2) is 18.2 Å². The molecule has 3 rings (SSSR count). The smallest absolute Gasteiger partial charge is 0.176 e. The van der Waals surface area contributed by atoms with Crippen molar-refractivity contribution in [2.24, 2.45) is 11.7 Å². The average Bonchev–Trinajstić information content (AvgIpc) is 2.91. The molecule has 1 fully saturated rings. The Morgan fingerprint density at radius 1 is 1.14 bits per heavy atom. The first-order valence-electron chi connectivity index (χ1n) is 7.64. The second-order valence-electron chi connectivity index (χ2n) is 6.60. The van der Waals surface area contributed by atoms with Gasteiger partial charge in [-0.05, 0) is 79.1 Å². The number of nitrogens with two attached hydrogens (primary N) is 1. The quantitative estimate of drug-likeness (QED) is 0.921. The summed E-state index contributed by atoms with van der Waals surface area (Å²) >= 11 is 0. The molecule has 1 saturated carbocycles. The molecule has 0 spiro atoms. The second kappa shape index (κ2) is 5.22. The van der Waals surface area contributed by atoms with Crippen molar-refractivity contribution in [2.45, 2.75) is 52.0 Å². The summed E-state index contributed by atoms with van der Waals surface area (Å²) in [5, 5.41) is 12.3. The van der Waals surface area contributed by atoms with Crippen molar-refractivity contribution in [3.05, 3.63) is 35.2 Å². The number of benzene rings is 1. The Labute approximate surface area is 125 Å². The summed E-state index contributed by atoms with van der Waals surface area (Å²) in [5.41, 5.74) is 9.63. The van der Waals surface area contributed by atoms with Crippen molar-refractivity contribution in [2.75, 3.05) is 0 Å². The Bertz CT molecular complexity index is 618. The highest BCUT2D eigenvalue weighted by atomic mass is 15.5. The van der Waals surface area contributed by atoms with Gasteiger partial charge in [-0.15, -0.1) is 5.10 Å². The van der Waals surface area contributed by atoms with Gasteiger partial charge in [0.15, 0.2) is 5.82 Å². The largest absolute Gasteiger partial charge is 0.319 e. The van der Waals surface area contributed by atoms with E-state index in [1.165, 1.54) is 11.1 Å². The molecule has 0 saturated heterocycles. The Hall–Kier alpha value is -1.75. The normalized spacial score (nSPS) is 26.0. The zero-order valence-electron chi connectivity index (χ0n) is 13.0. The number of nitrogens with zero attached hydrogens (tertiary/aromatic N) is 4. The van der Waals surface area contributed by atoms with Crippen LogP contribution in [0.3, 0.4) is 0 Å². The molecule has 1 heterocycles. The molecule has 0 aliphatic heterocycles. The van der Waals surface area contributed by atoms with Crippen LogP contribution in [-0.4, -0.2) is 20.2 Å². The maximum absolute atomic E-state index is 6.64. The zero-order valence-corrected chi connectivity index (χ0v) is 13.0. The highest BCUT2D eigenvalue weighted by Gasteiger charge is 2.37. The van der Waals surface area contributed by atoms with Crippen LogP contribution in [0.4, 0.5) is 0 Å². The van der Waals surface area contributed by atoms with Gasteiger partial charge in [-0.25, -0.2) is 0 Å². The van der Waals surface area contributed by atoms with E-state index in [0.29, 0.717) is 0 Å². The summed E-state index contributed by atoms with van der Waals surface area (Å²) in [6.07, 6.45) is 4.16. The molecule has 0 atom stereocenters. The summed E-state index contributed by atoms with van der Waals surface area (Å²) in [6, 6.07) is 6.34. The molecule has 0 amide bonds. The lowest BCUT2D eigenvalue weighted by Crippen LogP contribution is -2.42. The lowest BCUT2D eigenvalue weighted by atomic mass is 9.77. The summed E-state index contributed by atoms with van der Waals surface area (Å²) in [4.78, 5) is 0. The van der Waals surface area contributed by atoms with Gasteiger partial charge in [0.25, 0.3) is 0 Å². The van der Waals surface area contributed by atoms with E-state index >= 15 is 0 Å². The summed E-state index contributed by atoms with van der Waals surface area (Å²) in [7, 11) is 0. The Morgan fingerprint density at radius 3 is 2.38 bits per heavy atom. The van der Waals surface area contributed by atoms with Gasteiger partial charge in [-0.3, -0.25) is 0 Å². The fourth-order valence-electron chi connectivity index (χ4n) is 3.25. The van der Waals surface area contributed by atoms with Gasteiger partial charge in [0.1, 0.15) is 0 Å². The van der Waals surface area contributed by atoms with Crippen LogP contribution < -0.4 is 5.73 Å². The fourth-order valence-corrected chi connectivity index (χ4v) is 3.25. The highest BCUT2D eigenvalue weighted by molar-refractivity contribution is 5.39. The Balaban J connectivity index is 2.01.